The van der Waals surface area contributed by atoms with Crippen molar-refractivity contribution < 1.29 is 23.0 Å². The van der Waals surface area contributed by atoms with Crippen LogP contribution in [0.1, 0.15) is 23.7 Å². The Bertz CT molecular complexity index is 1020. The van der Waals surface area contributed by atoms with Gasteiger partial charge in [0.15, 0.2) is 0 Å². The van der Waals surface area contributed by atoms with E-state index in [4.69, 9.17) is 9.47 Å². The first-order valence-corrected chi connectivity index (χ1v) is 9.96. The Kier molecular flexibility index (Phi) is 7.45. The van der Waals surface area contributed by atoms with E-state index in [0.29, 0.717) is 17.4 Å². The Morgan fingerprint density at radius 3 is 2.80 bits per heavy atom. The number of hydrogen-bond acceptors (Lipinski definition) is 7. The zero-order valence-electron chi connectivity index (χ0n) is 16.1. The van der Waals surface area contributed by atoms with E-state index >= 15 is 0 Å². The molecular weight excluding hydrogens is 412 g/mol. The molecule has 0 aliphatic rings. The lowest BCUT2D eigenvalue weighted by Crippen LogP contribution is -2.07. The summed E-state index contributed by atoms with van der Waals surface area (Å²) in [5.74, 6) is -1.58. The smallest absolute Gasteiger partial charge is 0.311 e. The van der Waals surface area contributed by atoms with Gasteiger partial charge in [0.05, 0.1) is 24.9 Å². The minimum atomic E-state index is -0.690. The maximum atomic E-state index is 13.2. The van der Waals surface area contributed by atoms with Crippen LogP contribution in [0.2, 0.25) is 0 Å². The van der Waals surface area contributed by atoms with Crippen molar-refractivity contribution in [1.29, 1.82) is 0 Å². The third kappa shape index (κ3) is 6.63. The van der Waals surface area contributed by atoms with Crippen molar-refractivity contribution in [1.82, 2.24) is 4.98 Å². The van der Waals surface area contributed by atoms with Crippen molar-refractivity contribution in [2.24, 2.45) is 5.10 Å². The number of esters is 1. The highest BCUT2D eigenvalue weighted by Crippen LogP contribution is 2.18. The molecule has 30 heavy (non-hydrogen) atoms. The molecular formula is C21H19F2N3O3S. The topological polar surface area (TPSA) is 72.8 Å². The fraction of sp³-hybridized carbons (Fsp3) is 0.190. The SMILES string of the molecule is CCOC(=O)Cc1csc(NN=Cc2cccc(COc3cc(F)cc(F)c3)c2)n1. The number of anilines is 1. The van der Waals surface area contributed by atoms with Crippen molar-refractivity contribution in [3.63, 3.8) is 0 Å². The number of aromatic nitrogens is 1. The van der Waals surface area contributed by atoms with Crippen LogP contribution in [0, 0.1) is 11.6 Å². The predicted molar refractivity (Wildman–Crippen MR) is 111 cm³/mol. The summed E-state index contributed by atoms with van der Waals surface area (Å²) >= 11 is 1.33. The Hall–Kier alpha value is -3.33. The molecule has 3 rings (SSSR count). The van der Waals surface area contributed by atoms with Crippen molar-refractivity contribution >= 4 is 28.7 Å². The average molecular weight is 431 g/mol. The minimum absolute atomic E-state index is 0.118. The molecule has 1 aromatic heterocycles. The fourth-order valence-corrected chi connectivity index (χ4v) is 3.16. The number of hydrazone groups is 1. The largest absolute Gasteiger partial charge is 0.489 e. The van der Waals surface area contributed by atoms with Gasteiger partial charge in [-0.05, 0) is 24.1 Å². The van der Waals surface area contributed by atoms with Crippen LogP contribution in [0.5, 0.6) is 5.75 Å². The predicted octanol–water partition coefficient (Wildman–Crippen LogP) is 4.55. The van der Waals surface area contributed by atoms with Gasteiger partial charge < -0.3 is 9.47 Å². The van der Waals surface area contributed by atoms with E-state index in [9.17, 15) is 13.6 Å². The number of carbonyl (C=O) groups is 1. The minimum Gasteiger partial charge on any atom is -0.489 e. The molecule has 0 saturated carbocycles. The number of halogens is 2. The molecule has 0 unspecified atom stereocenters. The van der Waals surface area contributed by atoms with E-state index in [1.807, 2.05) is 24.3 Å². The standard InChI is InChI=1S/C21H19F2N3O3S/c1-2-28-20(27)10-18-13-30-21(25-18)26-24-11-14-4-3-5-15(6-14)12-29-19-8-16(22)7-17(23)9-19/h3-9,11,13H,2,10,12H2,1H3,(H,25,26). The van der Waals surface area contributed by atoms with Crippen LogP contribution in [-0.4, -0.2) is 23.8 Å². The van der Waals surface area contributed by atoms with Crippen LogP contribution < -0.4 is 10.2 Å². The lowest BCUT2D eigenvalue weighted by molar-refractivity contribution is -0.142. The lowest BCUT2D eigenvalue weighted by atomic mass is 10.1. The zero-order chi connectivity index (χ0) is 21.3. The Labute approximate surface area is 176 Å². The summed E-state index contributed by atoms with van der Waals surface area (Å²) in [6, 6.07) is 10.4. The highest BCUT2D eigenvalue weighted by Gasteiger charge is 2.08. The van der Waals surface area contributed by atoms with Crippen LogP contribution in [0.4, 0.5) is 13.9 Å². The number of ether oxygens (including phenoxy) is 2. The zero-order valence-corrected chi connectivity index (χ0v) is 16.9. The number of rotatable bonds is 9. The van der Waals surface area contributed by atoms with Crippen LogP contribution in [0.15, 0.2) is 52.9 Å². The maximum absolute atomic E-state index is 13.2. The molecule has 1 heterocycles. The molecule has 0 saturated heterocycles. The summed E-state index contributed by atoms with van der Waals surface area (Å²) < 4.78 is 36.8. The molecule has 0 spiro atoms. The number of nitrogens with zero attached hydrogens (tertiary/aromatic N) is 2. The maximum Gasteiger partial charge on any atom is 0.311 e. The molecule has 6 nitrogen and oxygen atoms in total. The summed E-state index contributed by atoms with van der Waals surface area (Å²) in [5, 5.41) is 6.46. The Morgan fingerprint density at radius 2 is 2.03 bits per heavy atom. The van der Waals surface area contributed by atoms with E-state index in [1.165, 1.54) is 11.3 Å². The van der Waals surface area contributed by atoms with E-state index in [0.717, 1.165) is 29.3 Å². The molecule has 0 aliphatic carbocycles. The average Bonchev–Trinajstić information content (AvgIpc) is 3.13. The molecule has 9 heteroatoms. The molecule has 1 N–H and O–H groups in total. The normalized spacial score (nSPS) is 10.9. The summed E-state index contributed by atoms with van der Waals surface area (Å²) in [6.07, 6.45) is 1.73. The van der Waals surface area contributed by atoms with Gasteiger partial charge in [-0.25, -0.2) is 13.8 Å². The van der Waals surface area contributed by atoms with Crippen LogP contribution in [0.3, 0.4) is 0 Å². The summed E-state index contributed by atoms with van der Waals surface area (Å²) in [7, 11) is 0. The number of hydrogen-bond donors (Lipinski definition) is 1. The number of carbonyl (C=O) groups excluding carboxylic acids is 1. The van der Waals surface area contributed by atoms with Gasteiger partial charge in [0.2, 0.25) is 5.13 Å². The van der Waals surface area contributed by atoms with Gasteiger partial charge in [0.25, 0.3) is 0 Å². The summed E-state index contributed by atoms with van der Waals surface area (Å²) in [4.78, 5) is 15.7. The number of thiazole rings is 1. The van der Waals surface area contributed by atoms with Crippen molar-refractivity contribution in [2.75, 3.05) is 12.0 Å². The molecule has 0 aliphatic heterocycles. The second-order valence-corrected chi connectivity index (χ2v) is 6.99. The Balaban J connectivity index is 1.54. The second-order valence-electron chi connectivity index (χ2n) is 6.13. The van der Waals surface area contributed by atoms with E-state index in [-0.39, 0.29) is 24.7 Å². The third-order valence-electron chi connectivity index (χ3n) is 3.75. The molecule has 3 aromatic rings. The fourth-order valence-electron chi connectivity index (χ4n) is 2.50. The quantitative estimate of drug-likeness (QED) is 0.306. The van der Waals surface area contributed by atoms with Crippen LogP contribution in [0.25, 0.3) is 0 Å². The van der Waals surface area contributed by atoms with Gasteiger partial charge in [-0.3, -0.25) is 10.2 Å². The molecule has 0 fully saturated rings. The van der Waals surface area contributed by atoms with E-state index < -0.39 is 11.6 Å². The molecule has 156 valence electrons. The highest BCUT2D eigenvalue weighted by molar-refractivity contribution is 7.13. The van der Waals surface area contributed by atoms with Crippen LogP contribution in [-0.2, 0) is 22.6 Å². The molecule has 0 amide bonds. The van der Waals surface area contributed by atoms with E-state index in [2.05, 4.69) is 15.5 Å². The first-order chi connectivity index (χ1) is 14.5. The van der Waals surface area contributed by atoms with Gasteiger partial charge in [-0.1, -0.05) is 18.2 Å². The molecule has 0 radical (unpaired) electrons. The Morgan fingerprint density at radius 1 is 1.23 bits per heavy atom. The van der Waals surface area contributed by atoms with Crippen molar-refractivity contribution in [3.05, 3.63) is 76.3 Å². The van der Waals surface area contributed by atoms with Gasteiger partial charge in [-0.2, -0.15) is 5.10 Å². The molecule has 0 bridgehead atoms. The third-order valence-corrected chi connectivity index (χ3v) is 4.54. The van der Waals surface area contributed by atoms with Gasteiger partial charge >= 0.3 is 5.97 Å². The number of benzene rings is 2. The van der Waals surface area contributed by atoms with E-state index in [1.54, 1.807) is 18.5 Å². The molecule has 2 aromatic carbocycles. The van der Waals surface area contributed by atoms with Crippen molar-refractivity contribution in [2.45, 2.75) is 20.0 Å². The highest BCUT2D eigenvalue weighted by atomic mass is 32.1. The van der Waals surface area contributed by atoms with Gasteiger partial charge in [0.1, 0.15) is 24.0 Å². The number of nitrogens with one attached hydrogen (secondary N) is 1. The first kappa shape index (κ1) is 21.4. The van der Waals surface area contributed by atoms with Gasteiger partial charge in [0, 0.05) is 23.6 Å². The summed E-state index contributed by atoms with van der Waals surface area (Å²) in [6.45, 7) is 2.24. The van der Waals surface area contributed by atoms with Crippen molar-refractivity contribution in [3.8, 4) is 5.75 Å². The van der Waals surface area contributed by atoms with Crippen LogP contribution >= 0.6 is 11.3 Å². The second kappa shape index (κ2) is 10.4. The van der Waals surface area contributed by atoms with Gasteiger partial charge in [-0.15, -0.1) is 11.3 Å². The monoisotopic (exact) mass is 431 g/mol. The lowest BCUT2D eigenvalue weighted by Gasteiger charge is -2.07. The first-order valence-electron chi connectivity index (χ1n) is 9.09. The molecule has 0 atom stereocenters. The summed E-state index contributed by atoms with van der Waals surface area (Å²) in [5.41, 5.74) is 5.05.